The standard InChI is InChI=1S/C52H32O/c1-2-14-35(15-3-1)42-21-10-22-46-51-41(20-11-23-48(51)53-52(42)46)38-28-29-45-47(32-38)50(40-27-25-34-13-5-7-17-37(34)31-40)44-19-9-8-18-43(44)49(45)39-26-24-33-12-4-6-16-36(33)30-39/h1-32H. The molecule has 0 fully saturated rings. The Hall–Kier alpha value is -6.96. The van der Waals surface area contributed by atoms with E-state index in [0.717, 1.165) is 38.6 Å². The first-order valence-electron chi connectivity index (χ1n) is 18.3. The van der Waals surface area contributed by atoms with Crippen LogP contribution in [0.25, 0.3) is 110 Å². The van der Waals surface area contributed by atoms with E-state index in [1.165, 1.54) is 70.9 Å². The van der Waals surface area contributed by atoms with E-state index in [-0.39, 0.29) is 0 Å². The summed E-state index contributed by atoms with van der Waals surface area (Å²) in [6, 6.07) is 70.6. The highest BCUT2D eigenvalue weighted by Gasteiger charge is 2.20. The molecule has 11 aromatic rings. The van der Waals surface area contributed by atoms with E-state index in [0.29, 0.717) is 0 Å². The van der Waals surface area contributed by atoms with Crippen molar-refractivity contribution in [2.45, 2.75) is 0 Å². The summed E-state index contributed by atoms with van der Waals surface area (Å²) >= 11 is 0. The van der Waals surface area contributed by atoms with Crippen LogP contribution in [0.2, 0.25) is 0 Å². The Labute approximate surface area is 307 Å². The molecule has 0 aliphatic carbocycles. The van der Waals surface area contributed by atoms with Crippen molar-refractivity contribution >= 4 is 65.0 Å². The Morgan fingerprint density at radius 1 is 0.283 bits per heavy atom. The Bertz CT molecular complexity index is 3220. The maximum absolute atomic E-state index is 6.69. The molecule has 1 aromatic heterocycles. The van der Waals surface area contributed by atoms with Crippen LogP contribution in [0.5, 0.6) is 0 Å². The van der Waals surface area contributed by atoms with Gasteiger partial charge in [-0.15, -0.1) is 0 Å². The fourth-order valence-electron chi connectivity index (χ4n) is 8.59. The first-order valence-corrected chi connectivity index (χ1v) is 18.3. The SMILES string of the molecule is c1ccc(-c2cccc3c2oc2cccc(-c4ccc5c(-c6ccc7ccccc7c6)c6ccccc6c(-c6ccc7ccccc7c6)c5c4)c23)cc1. The van der Waals surface area contributed by atoms with Crippen molar-refractivity contribution < 1.29 is 4.42 Å². The Morgan fingerprint density at radius 2 is 0.811 bits per heavy atom. The number of fused-ring (bicyclic) bond motifs is 7. The normalized spacial score (nSPS) is 11.8. The number of furan rings is 1. The average Bonchev–Trinajstić information content (AvgIpc) is 3.62. The number of para-hydroxylation sites is 1. The van der Waals surface area contributed by atoms with Crippen LogP contribution >= 0.6 is 0 Å². The largest absolute Gasteiger partial charge is 0.455 e. The molecular weight excluding hydrogens is 641 g/mol. The molecule has 0 saturated heterocycles. The number of rotatable bonds is 4. The quantitative estimate of drug-likeness (QED) is 0.170. The van der Waals surface area contributed by atoms with Crippen LogP contribution in [0.3, 0.4) is 0 Å². The molecule has 0 saturated carbocycles. The zero-order valence-corrected chi connectivity index (χ0v) is 28.9. The number of hydrogen-bond donors (Lipinski definition) is 0. The predicted molar refractivity (Wildman–Crippen MR) is 225 cm³/mol. The predicted octanol–water partition coefficient (Wildman–Crippen LogP) is 14.9. The van der Waals surface area contributed by atoms with Crippen LogP contribution in [0.1, 0.15) is 0 Å². The maximum atomic E-state index is 6.69. The van der Waals surface area contributed by atoms with Crippen LogP contribution in [-0.2, 0) is 0 Å². The lowest BCUT2D eigenvalue weighted by Crippen LogP contribution is -1.92. The molecule has 0 unspecified atom stereocenters. The minimum Gasteiger partial charge on any atom is -0.455 e. The highest BCUT2D eigenvalue weighted by atomic mass is 16.3. The van der Waals surface area contributed by atoms with Crippen molar-refractivity contribution in [2.24, 2.45) is 0 Å². The van der Waals surface area contributed by atoms with Crippen LogP contribution in [-0.4, -0.2) is 0 Å². The maximum Gasteiger partial charge on any atom is 0.143 e. The molecule has 1 heterocycles. The van der Waals surface area contributed by atoms with E-state index in [1.54, 1.807) is 0 Å². The molecule has 0 aliphatic heterocycles. The summed E-state index contributed by atoms with van der Waals surface area (Å²) in [4.78, 5) is 0. The van der Waals surface area contributed by atoms with E-state index in [1.807, 2.05) is 0 Å². The summed E-state index contributed by atoms with van der Waals surface area (Å²) in [7, 11) is 0. The van der Waals surface area contributed by atoms with Crippen molar-refractivity contribution in [3.8, 4) is 44.5 Å². The Balaban J connectivity index is 1.23. The van der Waals surface area contributed by atoms with Gasteiger partial charge in [0.05, 0.1) is 0 Å². The fourth-order valence-corrected chi connectivity index (χ4v) is 8.59. The highest BCUT2D eigenvalue weighted by molar-refractivity contribution is 6.23. The van der Waals surface area contributed by atoms with E-state index < -0.39 is 0 Å². The summed E-state index contributed by atoms with van der Waals surface area (Å²) < 4.78 is 6.69. The molecule has 0 spiro atoms. The molecule has 0 radical (unpaired) electrons. The minimum atomic E-state index is 0.895. The van der Waals surface area contributed by atoms with Crippen molar-refractivity contribution in [3.63, 3.8) is 0 Å². The van der Waals surface area contributed by atoms with Crippen LogP contribution < -0.4 is 0 Å². The molecule has 0 amide bonds. The molecule has 246 valence electrons. The van der Waals surface area contributed by atoms with Gasteiger partial charge in [-0.1, -0.05) is 170 Å². The van der Waals surface area contributed by atoms with Crippen molar-refractivity contribution in [1.29, 1.82) is 0 Å². The number of benzene rings is 10. The highest BCUT2D eigenvalue weighted by Crippen LogP contribution is 2.47. The van der Waals surface area contributed by atoms with E-state index in [9.17, 15) is 0 Å². The van der Waals surface area contributed by atoms with Gasteiger partial charge in [0.15, 0.2) is 0 Å². The Morgan fingerprint density at radius 3 is 1.51 bits per heavy atom. The molecule has 1 nitrogen and oxygen atoms in total. The summed E-state index contributed by atoms with van der Waals surface area (Å²) in [6.45, 7) is 0. The first-order chi connectivity index (χ1) is 26.3. The van der Waals surface area contributed by atoms with Gasteiger partial charge >= 0.3 is 0 Å². The lowest BCUT2D eigenvalue weighted by atomic mass is 9.84. The zero-order chi connectivity index (χ0) is 34.9. The van der Waals surface area contributed by atoms with E-state index in [2.05, 4.69) is 194 Å². The Kier molecular flexibility index (Phi) is 6.62. The van der Waals surface area contributed by atoms with Crippen LogP contribution in [0.15, 0.2) is 199 Å². The lowest BCUT2D eigenvalue weighted by molar-refractivity contribution is 0.670. The van der Waals surface area contributed by atoms with Crippen molar-refractivity contribution in [3.05, 3.63) is 194 Å². The summed E-state index contributed by atoms with van der Waals surface area (Å²) in [5.41, 5.74) is 11.3. The molecule has 53 heavy (non-hydrogen) atoms. The number of hydrogen-bond acceptors (Lipinski definition) is 1. The van der Waals surface area contributed by atoms with Crippen molar-refractivity contribution in [2.75, 3.05) is 0 Å². The van der Waals surface area contributed by atoms with E-state index >= 15 is 0 Å². The lowest BCUT2D eigenvalue weighted by Gasteiger charge is -2.19. The van der Waals surface area contributed by atoms with Crippen LogP contribution in [0, 0.1) is 0 Å². The first kappa shape index (κ1) is 29.7. The van der Waals surface area contributed by atoms with Crippen molar-refractivity contribution in [1.82, 2.24) is 0 Å². The average molecular weight is 673 g/mol. The van der Waals surface area contributed by atoms with E-state index in [4.69, 9.17) is 4.42 Å². The van der Waals surface area contributed by atoms with Gasteiger partial charge in [0.25, 0.3) is 0 Å². The van der Waals surface area contributed by atoms with Gasteiger partial charge in [0, 0.05) is 16.3 Å². The van der Waals surface area contributed by atoms with Gasteiger partial charge < -0.3 is 4.42 Å². The molecule has 0 bridgehead atoms. The summed E-state index contributed by atoms with van der Waals surface area (Å²) in [6.07, 6.45) is 0. The topological polar surface area (TPSA) is 13.1 Å². The smallest absolute Gasteiger partial charge is 0.143 e. The van der Waals surface area contributed by atoms with Crippen LogP contribution in [0.4, 0.5) is 0 Å². The third-order valence-electron chi connectivity index (χ3n) is 11.0. The second-order valence-electron chi connectivity index (χ2n) is 14.0. The van der Waals surface area contributed by atoms with Gasteiger partial charge in [-0.05, 0) is 106 Å². The second-order valence-corrected chi connectivity index (χ2v) is 14.0. The van der Waals surface area contributed by atoms with Gasteiger partial charge in [0.2, 0.25) is 0 Å². The molecule has 0 atom stereocenters. The second kappa shape index (κ2) is 11.8. The third kappa shape index (κ3) is 4.71. The summed E-state index contributed by atoms with van der Waals surface area (Å²) in [5.74, 6) is 0. The van der Waals surface area contributed by atoms with Gasteiger partial charge in [-0.25, -0.2) is 0 Å². The molecule has 1 heteroatoms. The zero-order valence-electron chi connectivity index (χ0n) is 28.9. The fraction of sp³-hybridized carbons (Fsp3) is 0. The monoisotopic (exact) mass is 672 g/mol. The summed E-state index contributed by atoms with van der Waals surface area (Å²) in [5, 5.41) is 12.2. The van der Waals surface area contributed by atoms with Gasteiger partial charge in [0.1, 0.15) is 11.2 Å². The molecule has 11 rings (SSSR count). The van der Waals surface area contributed by atoms with Gasteiger partial charge in [-0.3, -0.25) is 0 Å². The molecule has 0 N–H and O–H groups in total. The van der Waals surface area contributed by atoms with Gasteiger partial charge in [-0.2, -0.15) is 0 Å². The molecule has 0 aliphatic rings. The molecule has 10 aromatic carbocycles. The third-order valence-corrected chi connectivity index (χ3v) is 11.0. The molecular formula is C52H32O. The minimum absolute atomic E-state index is 0.895.